The first-order chi connectivity index (χ1) is 15.3. The molecule has 3 aliphatic rings. The van der Waals surface area contributed by atoms with Crippen molar-refractivity contribution in [1.82, 2.24) is 15.1 Å². The molecule has 31 heavy (non-hydrogen) atoms. The first-order valence-electron chi connectivity index (χ1n) is 11.8. The summed E-state index contributed by atoms with van der Waals surface area (Å²) >= 11 is 0. The van der Waals surface area contributed by atoms with Crippen molar-refractivity contribution in [3.63, 3.8) is 0 Å². The van der Waals surface area contributed by atoms with E-state index < -0.39 is 0 Å². The van der Waals surface area contributed by atoms with Gasteiger partial charge in [0.05, 0.1) is 19.3 Å². The Morgan fingerprint density at radius 1 is 1.03 bits per heavy atom. The molecule has 0 radical (unpaired) electrons. The van der Waals surface area contributed by atoms with Crippen LogP contribution in [-0.4, -0.2) is 80.8 Å². The molecule has 1 aromatic carbocycles. The van der Waals surface area contributed by atoms with Crippen LogP contribution < -0.4 is 5.32 Å². The Balaban J connectivity index is 1.33. The van der Waals surface area contributed by atoms with Crippen LogP contribution in [0.15, 0.2) is 35.3 Å². The maximum Gasteiger partial charge on any atom is 0.225 e. The number of guanidine groups is 1. The number of hydrogen-bond acceptors (Lipinski definition) is 4. The highest BCUT2D eigenvalue weighted by atomic mass is 16.5. The minimum atomic E-state index is 0.128. The van der Waals surface area contributed by atoms with Crippen LogP contribution in [0.3, 0.4) is 0 Å². The summed E-state index contributed by atoms with van der Waals surface area (Å²) in [6.45, 7) is 9.04. The van der Waals surface area contributed by atoms with E-state index in [1.54, 1.807) is 0 Å². The molecule has 3 aliphatic heterocycles. The molecule has 170 valence electrons. The van der Waals surface area contributed by atoms with E-state index in [4.69, 9.17) is 14.5 Å². The van der Waals surface area contributed by atoms with Crippen LogP contribution in [0.1, 0.15) is 37.9 Å². The van der Waals surface area contributed by atoms with Crippen molar-refractivity contribution < 1.29 is 14.3 Å². The average molecular weight is 429 g/mol. The predicted octanol–water partition coefficient (Wildman–Crippen LogP) is 2.30. The summed E-state index contributed by atoms with van der Waals surface area (Å²) in [6.07, 6.45) is 2.95. The number of ether oxygens (including phenoxy) is 2. The van der Waals surface area contributed by atoms with E-state index in [-0.39, 0.29) is 12.0 Å². The van der Waals surface area contributed by atoms with Crippen LogP contribution >= 0.6 is 0 Å². The number of rotatable bonds is 5. The van der Waals surface area contributed by atoms with Gasteiger partial charge in [-0.25, -0.2) is 0 Å². The molecular weight excluding hydrogens is 392 g/mol. The van der Waals surface area contributed by atoms with Crippen LogP contribution in [0.5, 0.6) is 0 Å². The van der Waals surface area contributed by atoms with Gasteiger partial charge in [-0.15, -0.1) is 0 Å². The fraction of sp³-hybridized carbons (Fsp3) is 0.667. The summed E-state index contributed by atoms with van der Waals surface area (Å²) in [5.41, 5.74) is 1.24. The largest absolute Gasteiger partial charge is 0.378 e. The van der Waals surface area contributed by atoms with E-state index in [0.717, 1.165) is 71.1 Å². The van der Waals surface area contributed by atoms with Crippen molar-refractivity contribution in [2.75, 3.05) is 59.1 Å². The molecule has 3 heterocycles. The molecule has 1 amide bonds. The number of aliphatic imine (C=N–C) groups is 1. The Hall–Kier alpha value is -2.12. The molecule has 4 rings (SSSR count). The molecule has 7 nitrogen and oxygen atoms in total. The Kier molecular flexibility index (Phi) is 7.81. The van der Waals surface area contributed by atoms with Gasteiger partial charge in [0.1, 0.15) is 0 Å². The van der Waals surface area contributed by atoms with Crippen LogP contribution in [0, 0.1) is 11.8 Å². The second-order valence-corrected chi connectivity index (χ2v) is 8.64. The third-order valence-corrected chi connectivity index (χ3v) is 6.62. The van der Waals surface area contributed by atoms with Gasteiger partial charge in [0.25, 0.3) is 0 Å². The second kappa shape index (κ2) is 11.0. The molecule has 0 bridgehead atoms. The highest BCUT2D eigenvalue weighted by molar-refractivity contribution is 5.82. The van der Waals surface area contributed by atoms with Gasteiger partial charge < -0.3 is 24.6 Å². The maximum absolute atomic E-state index is 12.8. The van der Waals surface area contributed by atoms with Gasteiger partial charge in [-0.2, -0.15) is 0 Å². The molecule has 7 heteroatoms. The second-order valence-electron chi connectivity index (χ2n) is 8.64. The average Bonchev–Trinajstić information content (AvgIpc) is 3.31. The van der Waals surface area contributed by atoms with E-state index >= 15 is 0 Å². The predicted molar refractivity (Wildman–Crippen MR) is 121 cm³/mol. The quantitative estimate of drug-likeness (QED) is 0.576. The van der Waals surface area contributed by atoms with Crippen molar-refractivity contribution in [2.45, 2.75) is 32.3 Å². The first kappa shape index (κ1) is 22.1. The number of morpholine rings is 1. The lowest BCUT2D eigenvalue weighted by atomic mass is 9.95. The van der Waals surface area contributed by atoms with Crippen LogP contribution in [0.4, 0.5) is 0 Å². The van der Waals surface area contributed by atoms with E-state index in [0.29, 0.717) is 25.0 Å². The monoisotopic (exact) mass is 428 g/mol. The Morgan fingerprint density at radius 3 is 2.48 bits per heavy atom. The lowest BCUT2D eigenvalue weighted by Crippen LogP contribution is -2.50. The van der Waals surface area contributed by atoms with Crippen LogP contribution in [-0.2, 0) is 14.3 Å². The Labute approximate surface area is 185 Å². The molecule has 0 aliphatic carbocycles. The number of nitrogens with zero attached hydrogens (tertiary/aromatic N) is 3. The summed E-state index contributed by atoms with van der Waals surface area (Å²) in [6, 6.07) is 10.5. The lowest BCUT2D eigenvalue weighted by Gasteiger charge is -2.37. The number of carbonyl (C=O) groups is 1. The zero-order valence-corrected chi connectivity index (χ0v) is 18.7. The zero-order valence-electron chi connectivity index (χ0n) is 18.7. The van der Waals surface area contributed by atoms with Gasteiger partial charge in [-0.3, -0.25) is 9.79 Å². The molecule has 0 saturated carbocycles. The summed E-state index contributed by atoms with van der Waals surface area (Å²) in [5, 5.41) is 3.46. The molecule has 2 atom stereocenters. The van der Waals surface area contributed by atoms with Gasteiger partial charge in [-0.1, -0.05) is 30.3 Å². The van der Waals surface area contributed by atoms with Crippen LogP contribution in [0.25, 0.3) is 0 Å². The molecule has 2 unspecified atom stereocenters. The Morgan fingerprint density at radius 2 is 1.77 bits per heavy atom. The highest BCUT2D eigenvalue weighted by Gasteiger charge is 2.32. The Bertz CT molecular complexity index is 728. The van der Waals surface area contributed by atoms with Crippen molar-refractivity contribution in [3.05, 3.63) is 35.9 Å². The fourth-order valence-electron chi connectivity index (χ4n) is 4.84. The molecule has 3 saturated heterocycles. The first-order valence-corrected chi connectivity index (χ1v) is 11.8. The molecule has 0 aromatic heterocycles. The van der Waals surface area contributed by atoms with Crippen molar-refractivity contribution >= 4 is 11.9 Å². The minimum absolute atomic E-state index is 0.128. The van der Waals surface area contributed by atoms with Gasteiger partial charge in [0.15, 0.2) is 5.96 Å². The number of likely N-dealkylation sites (tertiary alicyclic amines) is 1. The van der Waals surface area contributed by atoms with E-state index in [1.165, 1.54) is 5.56 Å². The number of amides is 1. The molecule has 1 N–H and O–H groups in total. The SMILES string of the molecule is CCNC(=NCC1CCOC1c1ccccc1)N1CCC(C(=O)N2CCOCC2)CC1. The summed E-state index contributed by atoms with van der Waals surface area (Å²) in [7, 11) is 0. The van der Waals surface area contributed by atoms with E-state index in [2.05, 4.69) is 41.4 Å². The number of nitrogens with one attached hydrogen (secondary N) is 1. The molecule has 3 fully saturated rings. The maximum atomic E-state index is 12.8. The highest BCUT2D eigenvalue weighted by Crippen LogP contribution is 2.34. The normalized spacial score (nSPS) is 25.6. The van der Waals surface area contributed by atoms with Crippen LogP contribution in [0.2, 0.25) is 0 Å². The van der Waals surface area contributed by atoms with Crippen molar-refractivity contribution in [3.8, 4) is 0 Å². The van der Waals surface area contributed by atoms with Gasteiger partial charge in [0.2, 0.25) is 5.91 Å². The number of carbonyl (C=O) groups excluding carboxylic acids is 1. The summed E-state index contributed by atoms with van der Waals surface area (Å²) in [4.78, 5) is 22.1. The zero-order chi connectivity index (χ0) is 21.5. The van der Waals surface area contributed by atoms with Crippen molar-refractivity contribution in [1.29, 1.82) is 0 Å². The molecule has 0 spiro atoms. The number of hydrogen-bond donors (Lipinski definition) is 1. The summed E-state index contributed by atoms with van der Waals surface area (Å²) in [5.74, 6) is 1.80. The standard InChI is InChI=1S/C24H36N4O3/c1-2-25-24(26-18-21-10-15-31-22(21)19-6-4-3-5-7-19)28-11-8-20(9-12-28)23(29)27-13-16-30-17-14-27/h3-7,20-22H,2,8-18H2,1H3,(H,25,26). The topological polar surface area (TPSA) is 66.4 Å². The minimum Gasteiger partial charge on any atom is -0.378 e. The van der Waals surface area contributed by atoms with E-state index in [1.807, 2.05) is 11.0 Å². The third kappa shape index (κ3) is 5.57. The van der Waals surface area contributed by atoms with Crippen molar-refractivity contribution in [2.24, 2.45) is 16.8 Å². The summed E-state index contributed by atoms with van der Waals surface area (Å²) < 4.78 is 11.4. The number of piperidine rings is 1. The third-order valence-electron chi connectivity index (χ3n) is 6.62. The van der Waals surface area contributed by atoms with Gasteiger partial charge in [-0.05, 0) is 31.7 Å². The molecular formula is C24H36N4O3. The van der Waals surface area contributed by atoms with Gasteiger partial charge >= 0.3 is 0 Å². The molecule has 1 aromatic rings. The fourth-order valence-corrected chi connectivity index (χ4v) is 4.84. The lowest BCUT2D eigenvalue weighted by molar-refractivity contribution is -0.140. The van der Waals surface area contributed by atoms with E-state index in [9.17, 15) is 4.79 Å². The number of benzene rings is 1. The van der Waals surface area contributed by atoms with Gasteiger partial charge in [0, 0.05) is 57.7 Å². The smallest absolute Gasteiger partial charge is 0.225 e.